The highest BCUT2D eigenvalue weighted by atomic mass is 16.5. The molecule has 0 spiro atoms. The minimum Gasteiger partial charge on any atom is -0.495 e. The van der Waals surface area contributed by atoms with Crippen LogP contribution in [-0.4, -0.2) is 29.5 Å². The Kier molecular flexibility index (Phi) is 5.41. The maximum absolute atomic E-state index is 12.1. The number of hydrogen-bond donors (Lipinski definition) is 2. The zero-order chi connectivity index (χ0) is 17.5. The number of hydrogen-bond acceptors (Lipinski definition) is 5. The number of nitrogens with one attached hydrogen (secondary N) is 2. The van der Waals surface area contributed by atoms with Gasteiger partial charge in [0, 0.05) is 18.4 Å². The van der Waals surface area contributed by atoms with E-state index in [1.54, 1.807) is 13.4 Å². The monoisotopic (exact) mass is 336 g/mol. The Morgan fingerprint density at radius 3 is 2.76 bits per heavy atom. The summed E-state index contributed by atoms with van der Waals surface area (Å²) in [6.07, 6.45) is 2.65. The third kappa shape index (κ3) is 4.23. The van der Waals surface area contributed by atoms with Crippen molar-refractivity contribution in [1.29, 1.82) is 0 Å². The first-order chi connectivity index (χ1) is 12.3. The highest BCUT2D eigenvalue weighted by Gasteiger charge is 2.07. The second-order valence-corrected chi connectivity index (χ2v) is 5.52. The van der Waals surface area contributed by atoms with Gasteiger partial charge < -0.3 is 15.4 Å². The molecule has 6 nitrogen and oxygen atoms in total. The summed E-state index contributed by atoms with van der Waals surface area (Å²) >= 11 is 0. The van der Waals surface area contributed by atoms with Crippen molar-refractivity contribution in [3.8, 4) is 5.75 Å². The lowest BCUT2D eigenvalue weighted by Gasteiger charge is -2.10. The lowest BCUT2D eigenvalue weighted by atomic mass is 10.2. The Balaban J connectivity index is 1.50. The number of para-hydroxylation sites is 3. The summed E-state index contributed by atoms with van der Waals surface area (Å²) in [6, 6.07) is 15.2. The van der Waals surface area contributed by atoms with Crippen LogP contribution in [0.3, 0.4) is 0 Å². The van der Waals surface area contributed by atoms with Crippen molar-refractivity contribution in [2.45, 2.75) is 12.8 Å². The molecule has 1 amide bonds. The van der Waals surface area contributed by atoms with Crippen LogP contribution in [0, 0.1) is 0 Å². The molecule has 0 aliphatic carbocycles. The van der Waals surface area contributed by atoms with Gasteiger partial charge in [-0.25, -0.2) is 9.97 Å². The molecule has 0 fully saturated rings. The first kappa shape index (κ1) is 16.7. The van der Waals surface area contributed by atoms with Gasteiger partial charge in [0.25, 0.3) is 0 Å². The SMILES string of the molecule is COc1ccccc1NC(=O)CCCNc1ncnc2ccccc12. The second-order valence-electron chi connectivity index (χ2n) is 5.52. The van der Waals surface area contributed by atoms with Crippen molar-refractivity contribution in [2.75, 3.05) is 24.3 Å². The average molecular weight is 336 g/mol. The molecule has 1 heterocycles. The number of benzene rings is 2. The van der Waals surface area contributed by atoms with Crippen LogP contribution < -0.4 is 15.4 Å². The van der Waals surface area contributed by atoms with Gasteiger partial charge >= 0.3 is 0 Å². The first-order valence-electron chi connectivity index (χ1n) is 8.14. The highest BCUT2D eigenvalue weighted by molar-refractivity contribution is 5.92. The van der Waals surface area contributed by atoms with Crippen molar-refractivity contribution in [3.63, 3.8) is 0 Å². The van der Waals surface area contributed by atoms with Crippen molar-refractivity contribution in [3.05, 3.63) is 54.9 Å². The maximum atomic E-state index is 12.1. The number of rotatable bonds is 7. The highest BCUT2D eigenvalue weighted by Crippen LogP contribution is 2.23. The number of carbonyl (C=O) groups excluding carboxylic acids is 1. The maximum Gasteiger partial charge on any atom is 0.224 e. The fourth-order valence-corrected chi connectivity index (χ4v) is 2.56. The normalized spacial score (nSPS) is 10.4. The van der Waals surface area contributed by atoms with Gasteiger partial charge in [0.1, 0.15) is 17.9 Å². The molecular formula is C19H20N4O2. The van der Waals surface area contributed by atoms with E-state index in [0.717, 1.165) is 16.7 Å². The summed E-state index contributed by atoms with van der Waals surface area (Å²) in [7, 11) is 1.58. The Labute approximate surface area is 146 Å². The van der Waals surface area contributed by atoms with Gasteiger partial charge in [0.15, 0.2) is 0 Å². The third-order valence-electron chi connectivity index (χ3n) is 3.80. The molecule has 0 unspecified atom stereocenters. The van der Waals surface area contributed by atoms with Crippen molar-refractivity contribution < 1.29 is 9.53 Å². The number of nitrogens with zero attached hydrogens (tertiary/aromatic N) is 2. The average Bonchev–Trinajstić information content (AvgIpc) is 2.66. The minimum absolute atomic E-state index is 0.0427. The van der Waals surface area contributed by atoms with Gasteiger partial charge in [-0.15, -0.1) is 0 Å². The van der Waals surface area contributed by atoms with Crippen molar-refractivity contribution in [1.82, 2.24) is 9.97 Å². The van der Waals surface area contributed by atoms with Gasteiger partial charge in [-0.3, -0.25) is 4.79 Å². The topological polar surface area (TPSA) is 76.1 Å². The van der Waals surface area contributed by atoms with E-state index in [1.807, 2.05) is 48.5 Å². The van der Waals surface area contributed by atoms with Crippen LogP contribution >= 0.6 is 0 Å². The summed E-state index contributed by atoms with van der Waals surface area (Å²) in [5.41, 5.74) is 1.58. The van der Waals surface area contributed by atoms with E-state index < -0.39 is 0 Å². The third-order valence-corrected chi connectivity index (χ3v) is 3.80. The minimum atomic E-state index is -0.0427. The standard InChI is InChI=1S/C19H20N4O2/c1-25-17-10-5-4-9-16(17)23-18(24)11-6-12-20-19-14-7-2-3-8-15(14)21-13-22-19/h2-5,7-10,13H,6,11-12H2,1H3,(H,23,24)(H,20,21,22). The largest absolute Gasteiger partial charge is 0.495 e. The van der Waals surface area contributed by atoms with Crippen LogP contribution in [0.5, 0.6) is 5.75 Å². The Morgan fingerprint density at radius 2 is 1.88 bits per heavy atom. The molecule has 6 heteroatoms. The van der Waals surface area contributed by atoms with Crippen LogP contribution in [0.4, 0.5) is 11.5 Å². The molecule has 0 saturated heterocycles. The van der Waals surface area contributed by atoms with E-state index in [0.29, 0.717) is 30.8 Å². The summed E-state index contributed by atoms with van der Waals surface area (Å²) in [4.78, 5) is 20.6. The quantitative estimate of drug-likeness (QED) is 0.646. The van der Waals surface area contributed by atoms with Crippen LogP contribution in [-0.2, 0) is 4.79 Å². The number of ether oxygens (including phenoxy) is 1. The zero-order valence-corrected chi connectivity index (χ0v) is 14.0. The van der Waals surface area contributed by atoms with Crippen LogP contribution in [0.1, 0.15) is 12.8 Å². The molecule has 2 N–H and O–H groups in total. The second kappa shape index (κ2) is 8.10. The summed E-state index contributed by atoms with van der Waals surface area (Å²) in [5.74, 6) is 1.40. The molecule has 3 rings (SSSR count). The van der Waals surface area contributed by atoms with Gasteiger partial charge in [-0.1, -0.05) is 24.3 Å². The molecule has 25 heavy (non-hydrogen) atoms. The molecule has 0 radical (unpaired) electrons. The van der Waals surface area contributed by atoms with E-state index in [2.05, 4.69) is 20.6 Å². The summed E-state index contributed by atoms with van der Waals surface area (Å²) in [5, 5.41) is 7.12. The van der Waals surface area contributed by atoms with E-state index in [4.69, 9.17) is 4.74 Å². The molecule has 3 aromatic rings. The van der Waals surface area contributed by atoms with E-state index >= 15 is 0 Å². The molecule has 2 aromatic carbocycles. The Morgan fingerprint density at radius 1 is 1.08 bits per heavy atom. The number of fused-ring (bicyclic) bond motifs is 1. The van der Waals surface area contributed by atoms with Crippen molar-refractivity contribution in [2.24, 2.45) is 0 Å². The number of amides is 1. The molecule has 1 aromatic heterocycles. The fraction of sp³-hybridized carbons (Fsp3) is 0.211. The molecule has 0 bridgehead atoms. The smallest absolute Gasteiger partial charge is 0.224 e. The molecule has 128 valence electrons. The van der Waals surface area contributed by atoms with E-state index in [1.165, 1.54) is 0 Å². The lowest BCUT2D eigenvalue weighted by molar-refractivity contribution is -0.116. The Hall–Kier alpha value is -3.15. The van der Waals surface area contributed by atoms with Crippen molar-refractivity contribution >= 4 is 28.3 Å². The van der Waals surface area contributed by atoms with E-state index in [9.17, 15) is 4.79 Å². The van der Waals surface area contributed by atoms with Gasteiger partial charge in [-0.05, 0) is 30.7 Å². The first-order valence-corrected chi connectivity index (χ1v) is 8.14. The fourth-order valence-electron chi connectivity index (χ4n) is 2.56. The van der Waals surface area contributed by atoms with Gasteiger partial charge in [0.2, 0.25) is 5.91 Å². The van der Waals surface area contributed by atoms with Gasteiger partial charge in [0.05, 0.1) is 18.3 Å². The Bertz CT molecular complexity index is 861. The number of carbonyl (C=O) groups is 1. The summed E-state index contributed by atoms with van der Waals surface area (Å²) in [6.45, 7) is 0.653. The van der Waals surface area contributed by atoms with Crippen LogP contribution in [0.2, 0.25) is 0 Å². The number of aromatic nitrogens is 2. The molecule has 0 aliphatic heterocycles. The van der Waals surface area contributed by atoms with E-state index in [-0.39, 0.29) is 5.91 Å². The molecule has 0 saturated carbocycles. The molecule has 0 atom stereocenters. The van der Waals surface area contributed by atoms with Crippen LogP contribution in [0.15, 0.2) is 54.9 Å². The predicted molar refractivity (Wildman–Crippen MR) is 98.9 cm³/mol. The van der Waals surface area contributed by atoms with Crippen LogP contribution in [0.25, 0.3) is 10.9 Å². The predicted octanol–water partition coefficient (Wildman–Crippen LogP) is 3.47. The zero-order valence-electron chi connectivity index (χ0n) is 14.0. The van der Waals surface area contributed by atoms with Gasteiger partial charge in [-0.2, -0.15) is 0 Å². The summed E-state index contributed by atoms with van der Waals surface area (Å²) < 4.78 is 5.23. The molecular weight excluding hydrogens is 316 g/mol. The lowest BCUT2D eigenvalue weighted by Crippen LogP contribution is -2.14. The molecule has 0 aliphatic rings. The number of anilines is 2. The number of methoxy groups -OCH3 is 1.